The van der Waals surface area contributed by atoms with Crippen LogP contribution in [0, 0.1) is 5.82 Å². The normalized spacial score (nSPS) is 15.7. The molecule has 1 aliphatic carbocycles. The van der Waals surface area contributed by atoms with Gasteiger partial charge >= 0.3 is 0 Å². The molecule has 1 amide bonds. The van der Waals surface area contributed by atoms with Crippen LogP contribution in [0.5, 0.6) is 5.75 Å². The minimum absolute atomic E-state index is 0.137. The predicted octanol–water partition coefficient (Wildman–Crippen LogP) is 3.51. The van der Waals surface area contributed by atoms with Gasteiger partial charge in [0.2, 0.25) is 0 Å². The molecule has 1 aliphatic rings. The molecule has 0 atom stereocenters. The standard InChI is InChI=1S/C18H22FN3O2/c19-14-7-9-16(10-8-14)24-13-22-12-11-17(21-22)18(23)20-15-5-3-1-2-4-6-15/h7-12,15H,1-6,13H2,(H,20,23). The first kappa shape index (κ1) is 16.5. The Morgan fingerprint density at radius 2 is 1.88 bits per heavy atom. The zero-order valence-corrected chi connectivity index (χ0v) is 13.6. The van der Waals surface area contributed by atoms with Crippen molar-refractivity contribution in [1.82, 2.24) is 15.1 Å². The van der Waals surface area contributed by atoms with E-state index < -0.39 is 0 Å². The van der Waals surface area contributed by atoms with E-state index in [1.165, 1.54) is 37.8 Å². The van der Waals surface area contributed by atoms with Gasteiger partial charge in [0.1, 0.15) is 17.3 Å². The van der Waals surface area contributed by atoms with E-state index in [2.05, 4.69) is 10.4 Å². The summed E-state index contributed by atoms with van der Waals surface area (Å²) < 4.78 is 19.9. The SMILES string of the molecule is O=C(NC1CCCCCC1)c1ccn(COc2ccc(F)cc2)n1. The van der Waals surface area contributed by atoms with E-state index >= 15 is 0 Å². The van der Waals surface area contributed by atoms with Crippen LogP contribution in [-0.4, -0.2) is 21.7 Å². The van der Waals surface area contributed by atoms with Gasteiger partial charge in [-0.3, -0.25) is 4.79 Å². The number of hydrogen-bond acceptors (Lipinski definition) is 3. The molecule has 5 nitrogen and oxygen atoms in total. The van der Waals surface area contributed by atoms with Crippen molar-refractivity contribution in [2.24, 2.45) is 0 Å². The third-order valence-corrected chi connectivity index (χ3v) is 4.24. The predicted molar refractivity (Wildman–Crippen MR) is 88.2 cm³/mol. The van der Waals surface area contributed by atoms with E-state index in [0.717, 1.165) is 12.8 Å². The van der Waals surface area contributed by atoms with Crippen molar-refractivity contribution in [3.8, 4) is 5.75 Å². The highest BCUT2D eigenvalue weighted by Crippen LogP contribution is 2.17. The minimum Gasteiger partial charge on any atom is -0.471 e. The van der Waals surface area contributed by atoms with Gasteiger partial charge in [-0.05, 0) is 43.2 Å². The number of rotatable bonds is 5. The number of hydrogen-bond donors (Lipinski definition) is 1. The third kappa shape index (κ3) is 4.57. The Balaban J connectivity index is 1.52. The molecule has 1 fully saturated rings. The molecule has 0 saturated heterocycles. The maximum atomic E-state index is 12.8. The van der Waals surface area contributed by atoms with E-state index in [0.29, 0.717) is 11.4 Å². The Hall–Kier alpha value is -2.37. The Morgan fingerprint density at radius 1 is 1.17 bits per heavy atom. The van der Waals surface area contributed by atoms with Crippen LogP contribution in [-0.2, 0) is 6.73 Å². The molecule has 1 aromatic carbocycles. The number of amides is 1. The minimum atomic E-state index is -0.307. The summed E-state index contributed by atoms with van der Waals surface area (Å²) in [4.78, 5) is 12.3. The molecular weight excluding hydrogens is 309 g/mol. The average Bonchev–Trinajstić information content (AvgIpc) is 2.92. The van der Waals surface area contributed by atoms with Gasteiger partial charge in [0.15, 0.2) is 6.73 Å². The summed E-state index contributed by atoms with van der Waals surface area (Å²) >= 11 is 0. The molecule has 0 spiro atoms. The van der Waals surface area contributed by atoms with E-state index in [1.54, 1.807) is 29.1 Å². The Morgan fingerprint density at radius 3 is 2.58 bits per heavy atom. The number of aromatic nitrogens is 2. The molecule has 2 aromatic rings. The second-order valence-corrected chi connectivity index (χ2v) is 6.13. The highest BCUT2D eigenvalue weighted by molar-refractivity contribution is 5.92. The highest BCUT2D eigenvalue weighted by atomic mass is 19.1. The zero-order valence-electron chi connectivity index (χ0n) is 13.6. The molecule has 0 bridgehead atoms. The topological polar surface area (TPSA) is 56.2 Å². The number of carbonyl (C=O) groups is 1. The molecule has 0 radical (unpaired) electrons. The fraction of sp³-hybridized carbons (Fsp3) is 0.444. The van der Waals surface area contributed by atoms with E-state index in [9.17, 15) is 9.18 Å². The summed E-state index contributed by atoms with van der Waals surface area (Å²) in [5.41, 5.74) is 0.391. The van der Waals surface area contributed by atoms with E-state index in [1.807, 2.05) is 0 Å². The first-order valence-electron chi connectivity index (χ1n) is 8.43. The van der Waals surface area contributed by atoms with Crippen molar-refractivity contribution in [2.75, 3.05) is 0 Å². The maximum Gasteiger partial charge on any atom is 0.271 e. The van der Waals surface area contributed by atoms with Gasteiger partial charge in [0.05, 0.1) is 0 Å². The molecule has 0 aliphatic heterocycles. The maximum absolute atomic E-state index is 12.8. The lowest BCUT2D eigenvalue weighted by atomic mass is 10.1. The summed E-state index contributed by atoms with van der Waals surface area (Å²) in [5.74, 6) is 0.109. The van der Waals surface area contributed by atoms with Crippen molar-refractivity contribution in [1.29, 1.82) is 0 Å². The van der Waals surface area contributed by atoms with Crippen LogP contribution < -0.4 is 10.1 Å². The van der Waals surface area contributed by atoms with E-state index in [4.69, 9.17) is 4.74 Å². The average molecular weight is 331 g/mol. The van der Waals surface area contributed by atoms with Gasteiger partial charge in [-0.1, -0.05) is 25.7 Å². The van der Waals surface area contributed by atoms with Gasteiger partial charge in [-0.25, -0.2) is 9.07 Å². The molecule has 1 heterocycles. The Kier molecular flexibility index (Phi) is 5.46. The molecular formula is C18H22FN3O2. The summed E-state index contributed by atoms with van der Waals surface area (Å²) in [6.07, 6.45) is 8.63. The van der Waals surface area contributed by atoms with Crippen molar-refractivity contribution < 1.29 is 13.9 Å². The second kappa shape index (κ2) is 7.95. The van der Waals surface area contributed by atoms with Crippen LogP contribution in [0.2, 0.25) is 0 Å². The van der Waals surface area contributed by atoms with Crippen LogP contribution in [0.15, 0.2) is 36.5 Å². The largest absolute Gasteiger partial charge is 0.471 e. The second-order valence-electron chi connectivity index (χ2n) is 6.13. The van der Waals surface area contributed by atoms with Gasteiger partial charge in [-0.15, -0.1) is 0 Å². The van der Waals surface area contributed by atoms with Gasteiger partial charge in [-0.2, -0.15) is 5.10 Å². The molecule has 1 N–H and O–H groups in total. The van der Waals surface area contributed by atoms with Crippen LogP contribution in [0.3, 0.4) is 0 Å². The summed E-state index contributed by atoms with van der Waals surface area (Å²) in [5, 5.41) is 7.31. The molecule has 0 unspecified atom stereocenters. The summed E-state index contributed by atoms with van der Waals surface area (Å²) in [6.45, 7) is 0.169. The van der Waals surface area contributed by atoms with E-state index in [-0.39, 0.29) is 24.5 Å². The number of benzene rings is 1. The lowest BCUT2D eigenvalue weighted by Gasteiger charge is -2.15. The first-order chi connectivity index (χ1) is 11.7. The van der Waals surface area contributed by atoms with Gasteiger partial charge < -0.3 is 10.1 Å². The smallest absolute Gasteiger partial charge is 0.271 e. The van der Waals surface area contributed by atoms with Gasteiger partial charge in [0.25, 0.3) is 5.91 Å². The van der Waals surface area contributed by atoms with Gasteiger partial charge in [0, 0.05) is 12.2 Å². The summed E-state index contributed by atoms with van der Waals surface area (Å²) in [7, 11) is 0. The number of nitrogens with one attached hydrogen (secondary N) is 1. The Labute approximate surface area is 140 Å². The van der Waals surface area contributed by atoms with Crippen molar-refractivity contribution in [2.45, 2.75) is 51.3 Å². The van der Waals surface area contributed by atoms with Crippen LogP contribution in [0.1, 0.15) is 49.0 Å². The molecule has 3 rings (SSSR count). The van der Waals surface area contributed by atoms with Crippen LogP contribution >= 0.6 is 0 Å². The molecule has 1 saturated carbocycles. The lowest BCUT2D eigenvalue weighted by Crippen LogP contribution is -2.34. The fourth-order valence-corrected chi connectivity index (χ4v) is 2.91. The molecule has 1 aromatic heterocycles. The quantitative estimate of drug-likeness (QED) is 0.853. The number of nitrogens with zero attached hydrogens (tertiary/aromatic N) is 2. The van der Waals surface area contributed by atoms with Crippen molar-refractivity contribution >= 4 is 5.91 Å². The molecule has 6 heteroatoms. The number of halogens is 1. The monoisotopic (exact) mass is 331 g/mol. The summed E-state index contributed by atoms with van der Waals surface area (Å²) in [6, 6.07) is 7.71. The fourth-order valence-electron chi connectivity index (χ4n) is 2.91. The number of carbonyl (C=O) groups excluding carboxylic acids is 1. The van der Waals surface area contributed by atoms with Crippen LogP contribution in [0.4, 0.5) is 4.39 Å². The molecule has 128 valence electrons. The van der Waals surface area contributed by atoms with Crippen LogP contribution in [0.25, 0.3) is 0 Å². The molecule has 24 heavy (non-hydrogen) atoms. The van der Waals surface area contributed by atoms with Crippen molar-refractivity contribution in [3.63, 3.8) is 0 Å². The first-order valence-corrected chi connectivity index (χ1v) is 8.43. The Bertz CT molecular complexity index is 661. The zero-order chi connectivity index (χ0) is 16.8. The third-order valence-electron chi connectivity index (χ3n) is 4.24. The van der Waals surface area contributed by atoms with Crippen molar-refractivity contribution in [3.05, 3.63) is 48.0 Å². The number of ether oxygens (including phenoxy) is 1. The highest BCUT2D eigenvalue weighted by Gasteiger charge is 2.17. The lowest BCUT2D eigenvalue weighted by molar-refractivity contribution is 0.0926.